The van der Waals surface area contributed by atoms with E-state index in [0.29, 0.717) is 0 Å². The number of aromatic nitrogens is 1. The first-order chi connectivity index (χ1) is 8.75. The lowest BCUT2D eigenvalue weighted by molar-refractivity contribution is 0.596. The second-order valence-electron chi connectivity index (χ2n) is 4.52. The van der Waals surface area contributed by atoms with Gasteiger partial charge in [-0.15, -0.1) is 0 Å². The van der Waals surface area contributed by atoms with Crippen molar-refractivity contribution < 1.29 is 4.39 Å². The summed E-state index contributed by atoms with van der Waals surface area (Å²) in [7, 11) is 0. The molecule has 0 saturated carbocycles. The average molecular weight is 243 g/mol. The molecule has 2 aromatic rings. The zero-order valence-corrected chi connectivity index (χ0v) is 9.81. The molecule has 3 nitrogen and oxygen atoms in total. The van der Waals surface area contributed by atoms with E-state index in [9.17, 15) is 4.39 Å². The van der Waals surface area contributed by atoms with E-state index in [4.69, 9.17) is 5.73 Å². The standard InChI is InChI=1S/C14H14FN3/c15-11-6-3-7-17-14(11)18-13-10-5-2-1-4-9(10)8-12(13)16/h1-7,12-13H,8,16H2,(H,17,18). The van der Waals surface area contributed by atoms with Gasteiger partial charge in [0.2, 0.25) is 0 Å². The number of hydrogen-bond donors (Lipinski definition) is 2. The zero-order valence-electron chi connectivity index (χ0n) is 9.81. The highest BCUT2D eigenvalue weighted by molar-refractivity contribution is 5.46. The summed E-state index contributed by atoms with van der Waals surface area (Å²) in [4.78, 5) is 4.01. The van der Waals surface area contributed by atoms with E-state index < -0.39 is 0 Å². The summed E-state index contributed by atoms with van der Waals surface area (Å²) in [5.41, 5.74) is 8.47. The van der Waals surface area contributed by atoms with Crippen molar-refractivity contribution in [3.05, 3.63) is 59.5 Å². The second-order valence-corrected chi connectivity index (χ2v) is 4.52. The third-order valence-electron chi connectivity index (χ3n) is 3.32. The van der Waals surface area contributed by atoms with E-state index in [1.807, 2.05) is 18.2 Å². The number of nitrogens with one attached hydrogen (secondary N) is 1. The van der Waals surface area contributed by atoms with Crippen LogP contribution < -0.4 is 11.1 Å². The molecule has 0 amide bonds. The van der Waals surface area contributed by atoms with Gasteiger partial charge in [0, 0.05) is 12.2 Å². The number of halogens is 1. The Kier molecular flexibility index (Phi) is 2.72. The molecule has 0 bridgehead atoms. The van der Waals surface area contributed by atoms with Gasteiger partial charge in [-0.25, -0.2) is 9.37 Å². The lowest BCUT2D eigenvalue weighted by atomic mass is 10.1. The molecule has 2 unspecified atom stereocenters. The fraction of sp³-hybridized carbons (Fsp3) is 0.214. The van der Waals surface area contributed by atoms with Gasteiger partial charge in [0.05, 0.1) is 6.04 Å². The van der Waals surface area contributed by atoms with Crippen molar-refractivity contribution in [3.8, 4) is 0 Å². The number of pyridine rings is 1. The van der Waals surface area contributed by atoms with Crippen molar-refractivity contribution in [1.29, 1.82) is 0 Å². The Labute approximate surface area is 105 Å². The maximum atomic E-state index is 13.6. The Morgan fingerprint density at radius 3 is 2.89 bits per heavy atom. The summed E-state index contributed by atoms with van der Waals surface area (Å²) >= 11 is 0. The average Bonchev–Trinajstić information content (AvgIpc) is 2.69. The Morgan fingerprint density at radius 1 is 1.22 bits per heavy atom. The molecular formula is C14H14FN3. The molecule has 1 aliphatic rings. The summed E-state index contributed by atoms with van der Waals surface area (Å²) in [6, 6.07) is 10.9. The van der Waals surface area contributed by atoms with Crippen molar-refractivity contribution in [2.75, 3.05) is 5.32 Å². The zero-order chi connectivity index (χ0) is 12.5. The number of benzene rings is 1. The van der Waals surface area contributed by atoms with E-state index in [2.05, 4.69) is 16.4 Å². The molecule has 4 heteroatoms. The van der Waals surface area contributed by atoms with Crippen LogP contribution in [0.4, 0.5) is 10.2 Å². The second kappa shape index (κ2) is 4.38. The highest BCUT2D eigenvalue weighted by Crippen LogP contribution is 2.32. The van der Waals surface area contributed by atoms with Gasteiger partial charge in [-0.3, -0.25) is 0 Å². The van der Waals surface area contributed by atoms with Crippen LogP contribution in [0.15, 0.2) is 42.6 Å². The minimum absolute atomic E-state index is 0.0520. The third kappa shape index (κ3) is 1.84. The summed E-state index contributed by atoms with van der Waals surface area (Å²) in [6.07, 6.45) is 2.38. The van der Waals surface area contributed by atoms with Crippen LogP contribution in [0.5, 0.6) is 0 Å². The van der Waals surface area contributed by atoms with E-state index in [-0.39, 0.29) is 23.7 Å². The van der Waals surface area contributed by atoms with Crippen LogP contribution >= 0.6 is 0 Å². The van der Waals surface area contributed by atoms with E-state index >= 15 is 0 Å². The number of fused-ring (bicyclic) bond motifs is 1. The van der Waals surface area contributed by atoms with Crippen LogP contribution in [-0.2, 0) is 6.42 Å². The van der Waals surface area contributed by atoms with Crippen molar-refractivity contribution in [2.24, 2.45) is 5.73 Å². The van der Waals surface area contributed by atoms with Gasteiger partial charge in [-0.05, 0) is 29.7 Å². The summed E-state index contributed by atoms with van der Waals surface area (Å²) < 4.78 is 13.6. The summed E-state index contributed by atoms with van der Waals surface area (Å²) in [6.45, 7) is 0. The molecule has 0 spiro atoms. The lowest BCUT2D eigenvalue weighted by Crippen LogP contribution is -2.30. The maximum Gasteiger partial charge on any atom is 0.165 e. The van der Waals surface area contributed by atoms with Crippen molar-refractivity contribution in [2.45, 2.75) is 18.5 Å². The molecule has 0 aliphatic heterocycles. The SMILES string of the molecule is NC1Cc2ccccc2C1Nc1ncccc1F. The number of anilines is 1. The quantitative estimate of drug-likeness (QED) is 0.850. The van der Waals surface area contributed by atoms with E-state index in [1.165, 1.54) is 11.6 Å². The van der Waals surface area contributed by atoms with Gasteiger partial charge in [0.1, 0.15) is 0 Å². The smallest absolute Gasteiger partial charge is 0.165 e. The van der Waals surface area contributed by atoms with Crippen LogP contribution in [-0.4, -0.2) is 11.0 Å². The molecule has 3 N–H and O–H groups in total. The monoisotopic (exact) mass is 243 g/mol. The molecule has 1 aliphatic carbocycles. The highest BCUT2D eigenvalue weighted by Gasteiger charge is 2.30. The fourth-order valence-electron chi connectivity index (χ4n) is 2.45. The molecule has 3 rings (SSSR count). The Bertz CT molecular complexity index is 570. The summed E-state index contributed by atoms with van der Waals surface area (Å²) in [5, 5.41) is 3.10. The molecule has 1 heterocycles. The number of hydrogen-bond acceptors (Lipinski definition) is 3. The highest BCUT2D eigenvalue weighted by atomic mass is 19.1. The predicted molar refractivity (Wildman–Crippen MR) is 68.7 cm³/mol. The Hall–Kier alpha value is -1.94. The van der Waals surface area contributed by atoms with Gasteiger partial charge in [0.25, 0.3) is 0 Å². The molecule has 0 fully saturated rings. The molecule has 92 valence electrons. The first-order valence-electron chi connectivity index (χ1n) is 5.96. The van der Waals surface area contributed by atoms with Gasteiger partial charge < -0.3 is 11.1 Å². The normalized spacial score (nSPS) is 21.7. The van der Waals surface area contributed by atoms with Gasteiger partial charge in [-0.1, -0.05) is 24.3 Å². The topological polar surface area (TPSA) is 50.9 Å². The summed E-state index contributed by atoms with van der Waals surface area (Å²) in [5.74, 6) is -0.0938. The van der Waals surface area contributed by atoms with Crippen LogP contribution in [0.2, 0.25) is 0 Å². The Balaban J connectivity index is 1.92. The first kappa shape index (κ1) is 11.2. The maximum absolute atomic E-state index is 13.6. The van der Waals surface area contributed by atoms with Crippen LogP contribution in [0, 0.1) is 5.82 Å². The van der Waals surface area contributed by atoms with Crippen molar-refractivity contribution >= 4 is 5.82 Å². The third-order valence-corrected chi connectivity index (χ3v) is 3.32. The first-order valence-corrected chi connectivity index (χ1v) is 5.96. The molecule has 0 radical (unpaired) electrons. The molecule has 18 heavy (non-hydrogen) atoms. The fourth-order valence-corrected chi connectivity index (χ4v) is 2.45. The van der Waals surface area contributed by atoms with E-state index in [1.54, 1.807) is 12.3 Å². The van der Waals surface area contributed by atoms with Gasteiger partial charge >= 0.3 is 0 Å². The Morgan fingerprint density at radius 2 is 2.06 bits per heavy atom. The molecular weight excluding hydrogens is 229 g/mol. The van der Waals surface area contributed by atoms with Crippen LogP contribution in [0.25, 0.3) is 0 Å². The minimum atomic E-state index is -0.353. The van der Waals surface area contributed by atoms with Crippen molar-refractivity contribution in [3.63, 3.8) is 0 Å². The molecule has 1 aromatic carbocycles. The van der Waals surface area contributed by atoms with E-state index in [0.717, 1.165) is 12.0 Å². The van der Waals surface area contributed by atoms with Crippen LogP contribution in [0.3, 0.4) is 0 Å². The number of rotatable bonds is 2. The molecule has 0 saturated heterocycles. The molecule has 1 aromatic heterocycles. The van der Waals surface area contributed by atoms with Crippen molar-refractivity contribution in [1.82, 2.24) is 4.98 Å². The van der Waals surface area contributed by atoms with Gasteiger partial charge in [0.15, 0.2) is 11.6 Å². The largest absolute Gasteiger partial charge is 0.359 e. The molecule has 2 atom stereocenters. The van der Waals surface area contributed by atoms with Gasteiger partial charge in [-0.2, -0.15) is 0 Å². The minimum Gasteiger partial charge on any atom is -0.359 e. The predicted octanol–water partition coefficient (Wildman–Crippen LogP) is 2.26. The lowest BCUT2D eigenvalue weighted by Gasteiger charge is -2.19. The number of nitrogens with zero attached hydrogens (tertiary/aromatic N) is 1. The van der Waals surface area contributed by atoms with Crippen LogP contribution in [0.1, 0.15) is 17.2 Å². The number of nitrogens with two attached hydrogens (primary N) is 1.